The Hall–Kier alpha value is -0.980. The zero-order valence-corrected chi connectivity index (χ0v) is 12.3. The van der Waals surface area contributed by atoms with Crippen LogP contribution in [0.2, 0.25) is 0 Å². The quantitative estimate of drug-likeness (QED) is 0.798. The molecule has 5 nitrogen and oxygen atoms in total. The van der Waals surface area contributed by atoms with Crippen LogP contribution in [-0.2, 0) is 4.74 Å². The molecule has 2 rings (SSSR count). The lowest BCUT2D eigenvalue weighted by Crippen LogP contribution is -2.31. The van der Waals surface area contributed by atoms with Crippen LogP contribution in [0.5, 0.6) is 0 Å². The lowest BCUT2D eigenvalue weighted by atomic mass is 10.0. The highest BCUT2D eigenvalue weighted by molar-refractivity contribution is 7.09. The van der Waals surface area contributed by atoms with Gasteiger partial charge < -0.3 is 15.8 Å². The molecular weight excluding hydrogens is 262 g/mol. The largest absolute Gasteiger partial charge is 0.385 e. The summed E-state index contributed by atoms with van der Waals surface area (Å²) in [5.74, 6) is -0.105. The van der Waals surface area contributed by atoms with Crippen LogP contribution >= 0.6 is 11.3 Å². The van der Waals surface area contributed by atoms with Gasteiger partial charge in [0, 0.05) is 25.6 Å². The van der Waals surface area contributed by atoms with Gasteiger partial charge in [0.1, 0.15) is 10.7 Å². The molecule has 0 aliphatic heterocycles. The van der Waals surface area contributed by atoms with Crippen molar-refractivity contribution in [1.29, 1.82) is 0 Å². The molecule has 1 unspecified atom stereocenters. The van der Waals surface area contributed by atoms with Crippen LogP contribution in [0, 0.1) is 5.41 Å². The number of amides is 1. The van der Waals surface area contributed by atoms with Gasteiger partial charge in [-0.2, -0.15) is 0 Å². The molecular formula is C13H21N3O2S. The van der Waals surface area contributed by atoms with Crippen LogP contribution in [0.15, 0.2) is 5.38 Å². The van der Waals surface area contributed by atoms with Crippen molar-refractivity contribution in [3.63, 3.8) is 0 Å². The van der Waals surface area contributed by atoms with Crippen LogP contribution in [0.4, 0.5) is 0 Å². The number of nitrogens with one attached hydrogen (secondary N) is 1. The minimum absolute atomic E-state index is 0.105. The molecule has 106 valence electrons. The summed E-state index contributed by atoms with van der Waals surface area (Å²) in [6, 6.07) is -0.122. The number of methoxy groups -OCH3 is 1. The third-order valence-corrected chi connectivity index (χ3v) is 4.61. The number of ether oxygens (including phenoxy) is 1. The zero-order valence-electron chi connectivity index (χ0n) is 11.4. The number of rotatable bonds is 7. The number of nitrogens with zero attached hydrogens (tertiary/aromatic N) is 1. The van der Waals surface area contributed by atoms with E-state index in [9.17, 15) is 4.79 Å². The van der Waals surface area contributed by atoms with E-state index < -0.39 is 0 Å². The lowest BCUT2D eigenvalue weighted by molar-refractivity contribution is 0.0933. The smallest absolute Gasteiger partial charge is 0.270 e. The molecule has 1 saturated carbocycles. The average Bonchev–Trinajstić information content (AvgIpc) is 2.97. The molecule has 1 aromatic heterocycles. The monoisotopic (exact) mass is 283 g/mol. The maximum atomic E-state index is 12.0. The van der Waals surface area contributed by atoms with E-state index in [1.165, 1.54) is 24.2 Å². The summed E-state index contributed by atoms with van der Waals surface area (Å²) in [5.41, 5.74) is 6.47. The maximum absolute atomic E-state index is 12.0. The van der Waals surface area contributed by atoms with Gasteiger partial charge in [-0.25, -0.2) is 4.98 Å². The predicted octanol–water partition coefficient (Wildman–Crippen LogP) is 1.71. The Morgan fingerprint density at radius 2 is 2.42 bits per heavy atom. The summed E-state index contributed by atoms with van der Waals surface area (Å²) >= 11 is 1.43. The summed E-state index contributed by atoms with van der Waals surface area (Å²) in [7, 11) is 1.71. The van der Waals surface area contributed by atoms with Gasteiger partial charge in [-0.1, -0.05) is 0 Å². The Labute approximate surface area is 117 Å². The van der Waals surface area contributed by atoms with Crippen molar-refractivity contribution in [2.24, 2.45) is 11.1 Å². The first-order valence-electron chi connectivity index (χ1n) is 6.54. The second kappa shape index (κ2) is 5.98. The molecule has 19 heavy (non-hydrogen) atoms. The Morgan fingerprint density at radius 1 is 1.68 bits per heavy atom. The molecule has 1 amide bonds. The van der Waals surface area contributed by atoms with E-state index in [1.54, 1.807) is 12.5 Å². The molecule has 1 aliphatic carbocycles. The van der Waals surface area contributed by atoms with Crippen molar-refractivity contribution < 1.29 is 9.53 Å². The van der Waals surface area contributed by atoms with Crippen molar-refractivity contribution in [1.82, 2.24) is 10.3 Å². The first kappa shape index (κ1) is 14.4. The summed E-state index contributed by atoms with van der Waals surface area (Å²) in [6.07, 6.45) is 3.34. The van der Waals surface area contributed by atoms with Crippen molar-refractivity contribution >= 4 is 17.2 Å². The van der Waals surface area contributed by atoms with Crippen molar-refractivity contribution in [2.75, 3.05) is 20.3 Å². The minimum atomic E-state index is -0.122. The molecule has 1 aliphatic rings. The maximum Gasteiger partial charge on any atom is 0.270 e. The van der Waals surface area contributed by atoms with E-state index in [0.717, 1.165) is 18.0 Å². The molecule has 0 spiro atoms. The van der Waals surface area contributed by atoms with Crippen molar-refractivity contribution in [3.05, 3.63) is 16.1 Å². The standard InChI is InChI=1S/C13H21N3O2S/c1-9(14)12-16-10(7-19-12)11(17)15-8-13(3-4-13)5-6-18-2/h7,9H,3-6,8,14H2,1-2H3,(H,15,17). The van der Waals surface area contributed by atoms with E-state index >= 15 is 0 Å². The van der Waals surface area contributed by atoms with Gasteiger partial charge in [-0.15, -0.1) is 11.3 Å². The van der Waals surface area contributed by atoms with Crippen LogP contribution in [0.3, 0.4) is 0 Å². The summed E-state index contributed by atoms with van der Waals surface area (Å²) in [6.45, 7) is 3.33. The topological polar surface area (TPSA) is 77.2 Å². The van der Waals surface area contributed by atoms with Gasteiger partial charge in [-0.05, 0) is 31.6 Å². The highest BCUT2D eigenvalue weighted by Crippen LogP contribution is 2.48. The molecule has 1 aromatic rings. The van der Waals surface area contributed by atoms with Gasteiger partial charge in [0.2, 0.25) is 0 Å². The van der Waals surface area contributed by atoms with E-state index in [1.807, 2.05) is 6.92 Å². The highest BCUT2D eigenvalue weighted by atomic mass is 32.1. The molecule has 0 radical (unpaired) electrons. The minimum Gasteiger partial charge on any atom is -0.385 e. The van der Waals surface area contributed by atoms with Gasteiger partial charge in [-0.3, -0.25) is 4.79 Å². The van der Waals surface area contributed by atoms with Crippen molar-refractivity contribution in [2.45, 2.75) is 32.2 Å². The van der Waals surface area contributed by atoms with E-state index in [2.05, 4.69) is 10.3 Å². The van der Waals surface area contributed by atoms with Gasteiger partial charge in [0.15, 0.2) is 0 Å². The third-order valence-electron chi connectivity index (χ3n) is 3.56. The SMILES string of the molecule is COCCC1(CNC(=O)c2csc(C(C)N)n2)CC1. The number of thiazole rings is 1. The van der Waals surface area contributed by atoms with Crippen LogP contribution < -0.4 is 11.1 Å². The van der Waals surface area contributed by atoms with Gasteiger partial charge in [0.05, 0.1) is 6.04 Å². The third kappa shape index (κ3) is 3.75. The number of carbonyl (C=O) groups is 1. The molecule has 6 heteroatoms. The van der Waals surface area contributed by atoms with Gasteiger partial charge in [0.25, 0.3) is 5.91 Å². The number of aromatic nitrogens is 1. The van der Waals surface area contributed by atoms with E-state index in [0.29, 0.717) is 12.2 Å². The normalized spacial score (nSPS) is 18.1. The molecule has 0 aromatic carbocycles. The second-order valence-electron chi connectivity index (χ2n) is 5.29. The first-order valence-corrected chi connectivity index (χ1v) is 7.42. The molecule has 0 saturated heterocycles. The van der Waals surface area contributed by atoms with Crippen LogP contribution in [0.1, 0.15) is 47.7 Å². The fourth-order valence-electron chi connectivity index (χ4n) is 1.97. The average molecular weight is 283 g/mol. The fourth-order valence-corrected chi connectivity index (χ4v) is 2.73. The van der Waals surface area contributed by atoms with Crippen molar-refractivity contribution in [3.8, 4) is 0 Å². The molecule has 1 heterocycles. The number of carbonyl (C=O) groups excluding carboxylic acids is 1. The predicted molar refractivity (Wildman–Crippen MR) is 75.2 cm³/mol. The molecule has 1 fully saturated rings. The molecule has 0 bridgehead atoms. The highest BCUT2D eigenvalue weighted by Gasteiger charge is 2.42. The van der Waals surface area contributed by atoms with E-state index in [4.69, 9.17) is 10.5 Å². The lowest BCUT2D eigenvalue weighted by Gasteiger charge is -2.14. The van der Waals surface area contributed by atoms with E-state index in [-0.39, 0.29) is 17.4 Å². The second-order valence-corrected chi connectivity index (χ2v) is 6.17. The van der Waals surface area contributed by atoms with Gasteiger partial charge >= 0.3 is 0 Å². The van der Waals surface area contributed by atoms with Crippen LogP contribution in [0.25, 0.3) is 0 Å². The number of nitrogens with two attached hydrogens (primary N) is 1. The zero-order chi connectivity index (χ0) is 13.9. The number of hydrogen-bond donors (Lipinski definition) is 2. The fraction of sp³-hybridized carbons (Fsp3) is 0.692. The number of hydrogen-bond acceptors (Lipinski definition) is 5. The Bertz CT molecular complexity index is 441. The summed E-state index contributed by atoms with van der Waals surface area (Å²) in [5, 5.41) is 5.54. The first-order chi connectivity index (χ1) is 9.06. The summed E-state index contributed by atoms with van der Waals surface area (Å²) < 4.78 is 5.10. The Morgan fingerprint density at radius 3 is 2.95 bits per heavy atom. The summed E-state index contributed by atoms with van der Waals surface area (Å²) in [4.78, 5) is 16.2. The van der Waals surface area contributed by atoms with Crippen LogP contribution in [-0.4, -0.2) is 31.2 Å². The Balaban J connectivity index is 1.84. The molecule has 1 atom stereocenters. The Kier molecular flexibility index (Phi) is 4.54. The molecule has 3 N–H and O–H groups in total.